The van der Waals surface area contributed by atoms with Crippen molar-refractivity contribution in [2.75, 3.05) is 18.0 Å². The number of hydrogen-bond donors (Lipinski definition) is 1. The second kappa shape index (κ2) is 4.21. The highest BCUT2D eigenvalue weighted by Gasteiger charge is 2.25. The van der Waals surface area contributed by atoms with Gasteiger partial charge < -0.3 is 10.6 Å². The van der Waals surface area contributed by atoms with E-state index in [1.807, 2.05) is 11.0 Å². The molecule has 3 heterocycles. The number of carbonyl (C=O) groups is 1. The van der Waals surface area contributed by atoms with Crippen molar-refractivity contribution >= 4 is 17.4 Å². The van der Waals surface area contributed by atoms with Crippen molar-refractivity contribution in [1.29, 1.82) is 0 Å². The van der Waals surface area contributed by atoms with Crippen molar-refractivity contribution in [3.05, 3.63) is 12.1 Å². The Kier molecular flexibility index (Phi) is 2.54. The number of amides is 1. The molecule has 1 unspecified atom stereocenters. The number of aromatic nitrogens is 5. The van der Waals surface area contributed by atoms with Crippen LogP contribution in [0.5, 0.6) is 0 Å². The van der Waals surface area contributed by atoms with Crippen LogP contribution in [-0.4, -0.2) is 44.3 Å². The van der Waals surface area contributed by atoms with Gasteiger partial charge in [-0.1, -0.05) is 0 Å². The number of piperidine rings is 1. The fourth-order valence-corrected chi connectivity index (χ4v) is 2.23. The lowest BCUT2D eigenvalue weighted by Crippen LogP contribution is -2.41. The van der Waals surface area contributed by atoms with E-state index in [1.165, 1.54) is 4.63 Å². The Balaban J connectivity index is 1.86. The van der Waals surface area contributed by atoms with E-state index in [2.05, 4.69) is 20.6 Å². The van der Waals surface area contributed by atoms with Gasteiger partial charge in [0.1, 0.15) is 0 Å². The normalized spacial score (nSPS) is 20.2. The third kappa shape index (κ3) is 1.85. The van der Waals surface area contributed by atoms with Crippen molar-refractivity contribution in [3.8, 4) is 0 Å². The molecule has 1 aliphatic heterocycles. The molecule has 0 saturated carbocycles. The van der Waals surface area contributed by atoms with Gasteiger partial charge in [0.15, 0.2) is 11.5 Å². The number of fused-ring (bicyclic) bond motifs is 1. The van der Waals surface area contributed by atoms with Gasteiger partial charge in [0.05, 0.1) is 5.92 Å². The lowest BCUT2D eigenvalue weighted by molar-refractivity contribution is -0.122. The molecule has 1 atom stereocenters. The maximum Gasteiger partial charge on any atom is 0.222 e. The molecule has 94 valence electrons. The first-order valence-electron chi connectivity index (χ1n) is 5.84. The maximum atomic E-state index is 11.2. The molecule has 0 aliphatic carbocycles. The van der Waals surface area contributed by atoms with E-state index in [4.69, 9.17) is 5.73 Å². The van der Waals surface area contributed by atoms with Gasteiger partial charge in [0, 0.05) is 13.1 Å². The van der Waals surface area contributed by atoms with Gasteiger partial charge in [-0.3, -0.25) is 4.79 Å². The maximum absolute atomic E-state index is 11.2. The molecule has 1 saturated heterocycles. The SMILES string of the molecule is NC(=O)C1CCCN(c2ccc3nnnn3n2)C1. The smallest absolute Gasteiger partial charge is 0.222 e. The number of hydrogen-bond acceptors (Lipinski definition) is 6. The summed E-state index contributed by atoms with van der Waals surface area (Å²) < 4.78 is 1.38. The zero-order chi connectivity index (χ0) is 12.5. The highest BCUT2D eigenvalue weighted by molar-refractivity contribution is 5.77. The Labute approximate surface area is 103 Å². The molecule has 0 spiro atoms. The van der Waals surface area contributed by atoms with Crippen LogP contribution in [0.3, 0.4) is 0 Å². The van der Waals surface area contributed by atoms with Crippen LogP contribution in [-0.2, 0) is 4.79 Å². The van der Waals surface area contributed by atoms with Crippen molar-refractivity contribution in [1.82, 2.24) is 25.3 Å². The van der Waals surface area contributed by atoms with Crippen LogP contribution in [0.2, 0.25) is 0 Å². The number of rotatable bonds is 2. The van der Waals surface area contributed by atoms with Crippen molar-refractivity contribution in [3.63, 3.8) is 0 Å². The summed E-state index contributed by atoms with van der Waals surface area (Å²) in [7, 11) is 0. The van der Waals surface area contributed by atoms with E-state index in [0.717, 1.165) is 25.2 Å². The van der Waals surface area contributed by atoms with Gasteiger partial charge in [-0.25, -0.2) is 0 Å². The van der Waals surface area contributed by atoms with Crippen molar-refractivity contribution in [2.45, 2.75) is 12.8 Å². The monoisotopic (exact) mass is 247 g/mol. The molecule has 1 aliphatic rings. The van der Waals surface area contributed by atoms with Crippen LogP contribution < -0.4 is 10.6 Å². The summed E-state index contributed by atoms with van der Waals surface area (Å²) >= 11 is 0. The molecule has 1 fully saturated rings. The third-order valence-corrected chi connectivity index (χ3v) is 3.20. The molecule has 0 aromatic carbocycles. The minimum atomic E-state index is -0.247. The summed E-state index contributed by atoms with van der Waals surface area (Å²) in [5, 5.41) is 15.4. The minimum absolute atomic E-state index is 0.106. The Hall–Kier alpha value is -2.25. The van der Waals surface area contributed by atoms with Crippen molar-refractivity contribution < 1.29 is 4.79 Å². The topological polar surface area (TPSA) is 102 Å². The van der Waals surface area contributed by atoms with E-state index in [0.29, 0.717) is 12.2 Å². The van der Waals surface area contributed by atoms with Gasteiger partial charge in [-0.05, 0) is 35.4 Å². The molecule has 0 bridgehead atoms. The van der Waals surface area contributed by atoms with E-state index in [9.17, 15) is 4.79 Å². The average molecular weight is 247 g/mol. The van der Waals surface area contributed by atoms with E-state index >= 15 is 0 Å². The summed E-state index contributed by atoms with van der Waals surface area (Å²) in [6.07, 6.45) is 1.78. The Bertz CT molecular complexity index is 580. The average Bonchev–Trinajstić information content (AvgIpc) is 2.86. The molecule has 2 aromatic heterocycles. The minimum Gasteiger partial charge on any atom is -0.369 e. The molecule has 2 N–H and O–H groups in total. The fourth-order valence-electron chi connectivity index (χ4n) is 2.23. The summed E-state index contributed by atoms with van der Waals surface area (Å²) in [6, 6.07) is 3.66. The third-order valence-electron chi connectivity index (χ3n) is 3.20. The standard InChI is InChI=1S/C10H13N7O/c11-10(18)7-2-1-5-16(6-7)9-4-3-8-12-14-15-17(8)13-9/h3-4,7H,1-2,5-6H2,(H2,11,18). The van der Waals surface area contributed by atoms with Gasteiger partial charge >= 0.3 is 0 Å². The van der Waals surface area contributed by atoms with E-state index in [1.54, 1.807) is 6.07 Å². The molecule has 8 nitrogen and oxygen atoms in total. The molecule has 3 rings (SSSR count). The van der Waals surface area contributed by atoms with Gasteiger partial charge in [0.2, 0.25) is 5.91 Å². The van der Waals surface area contributed by atoms with Gasteiger partial charge in [-0.2, -0.15) is 0 Å². The zero-order valence-corrected chi connectivity index (χ0v) is 9.73. The number of primary amides is 1. The van der Waals surface area contributed by atoms with E-state index in [-0.39, 0.29) is 11.8 Å². The molecule has 0 radical (unpaired) electrons. The molecule has 2 aromatic rings. The number of nitrogens with zero attached hydrogens (tertiary/aromatic N) is 6. The van der Waals surface area contributed by atoms with Gasteiger partial charge in [0.25, 0.3) is 0 Å². The Morgan fingerprint density at radius 2 is 2.33 bits per heavy atom. The lowest BCUT2D eigenvalue weighted by Gasteiger charge is -2.31. The summed E-state index contributed by atoms with van der Waals surface area (Å²) in [4.78, 5) is 13.3. The summed E-state index contributed by atoms with van der Waals surface area (Å²) in [5.41, 5.74) is 5.96. The van der Waals surface area contributed by atoms with Crippen LogP contribution >= 0.6 is 0 Å². The molecule has 1 amide bonds. The number of carbonyl (C=O) groups excluding carboxylic acids is 1. The fraction of sp³-hybridized carbons (Fsp3) is 0.500. The summed E-state index contributed by atoms with van der Waals surface area (Å²) in [5.74, 6) is 0.411. The zero-order valence-electron chi connectivity index (χ0n) is 9.73. The first kappa shape index (κ1) is 10.9. The highest BCUT2D eigenvalue weighted by Crippen LogP contribution is 2.21. The molecular weight excluding hydrogens is 234 g/mol. The largest absolute Gasteiger partial charge is 0.369 e. The predicted molar refractivity (Wildman–Crippen MR) is 62.7 cm³/mol. The van der Waals surface area contributed by atoms with Crippen LogP contribution in [0, 0.1) is 5.92 Å². The van der Waals surface area contributed by atoms with E-state index < -0.39 is 0 Å². The van der Waals surface area contributed by atoms with Gasteiger partial charge in [-0.15, -0.1) is 14.8 Å². The number of nitrogens with two attached hydrogens (primary N) is 1. The van der Waals surface area contributed by atoms with Crippen LogP contribution in [0.25, 0.3) is 5.65 Å². The Morgan fingerprint density at radius 1 is 1.44 bits per heavy atom. The number of anilines is 1. The quantitative estimate of drug-likeness (QED) is 0.747. The second-order valence-electron chi connectivity index (χ2n) is 4.41. The van der Waals surface area contributed by atoms with Crippen LogP contribution in [0.1, 0.15) is 12.8 Å². The molecule has 18 heavy (non-hydrogen) atoms. The van der Waals surface area contributed by atoms with Crippen LogP contribution in [0.15, 0.2) is 12.1 Å². The predicted octanol–water partition coefficient (Wildman–Crippen LogP) is -0.779. The first-order valence-corrected chi connectivity index (χ1v) is 5.84. The lowest BCUT2D eigenvalue weighted by atomic mass is 9.97. The van der Waals surface area contributed by atoms with Crippen molar-refractivity contribution in [2.24, 2.45) is 11.7 Å². The number of tetrazole rings is 1. The Morgan fingerprint density at radius 3 is 3.17 bits per heavy atom. The first-order chi connectivity index (χ1) is 8.74. The molecular formula is C10H13N7O. The summed E-state index contributed by atoms with van der Waals surface area (Å²) in [6.45, 7) is 1.47. The molecule has 8 heteroatoms. The highest BCUT2D eigenvalue weighted by atomic mass is 16.1. The second-order valence-corrected chi connectivity index (χ2v) is 4.41. The van der Waals surface area contributed by atoms with Crippen LogP contribution in [0.4, 0.5) is 5.82 Å².